The number of hydrogen-bond acceptors (Lipinski definition) is 4. The van der Waals surface area contributed by atoms with Crippen LogP contribution < -0.4 is 5.32 Å². The minimum absolute atomic E-state index is 0.150. The second-order valence-corrected chi connectivity index (χ2v) is 8.11. The molecule has 0 radical (unpaired) electrons. The van der Waals surface area contributed by atoms with Gasteiger partial charge in [-0.15, -0.1) is 0 Å². The van der Waals surface area contributed by atoms with E-state index >= 15 is 0 Å². The molecule has 0 atom stereocenters. The molecule has 2 heterocycles. The molecule has 4 rings (SSSR count). The minimum Gasteiger partial charge on any atom is -0.339 e. The number of nitrogens with zero attached hydrogens (tertiary/aromatic N) is 3. The first-order valence-corrected chi connectivity index (χ1v) is 10.4. The Morgan fingerprint density at radius 2 is 1.72 bits per heavy atom. The predicted octanol–water partition coefficient (Wildman–Crippen LogP) is 1.71. The van der Waals surface area contributed by atoms with E-state index in [1.165, 1.54) is 5.56 Å². The maximum Gasteiger partial charge on any atom is 0.325 e. The van der Waals surface area contributed by atoms with Crippen molar-refractivity contribution in [3.63, 3.8) is 0 Å². The highest BCUT2D eigenvalue weighted by molar-refractivity contribution is 6.09. The van der Waals surface area contributed by atoms with Crippen molar-refractivity contribution in [2.45, 2.75) is 31.2 Å². The highest BCUT2D eigenvalue weighted by Crippen LogP contribution is 2.34. The number of rotatable bonds is 5. The number of hydrogen-bond donors (Lipinski definition) is 1. The number of nitrogens with one attached hydrogen (secondary N) is 1. The highest BCUT2D eigenvalue weighted by atomic mass is 16.2. The van der Waals surface area contributed by atoms with Crippen LogP contribution in [0.15, 0.2) is 36.4 Å². The third kappa shape index (κ3) is 4.19. The monoisotopic (exact) mass is 396 g/mol. The molecule has 0 aromatic heterocycles. The average Bonchev–Trinajstić information content (AvgIpc) is 3.30. The number of imide groups is 1. The van der Waals surface area contributed by atoms with E-state index in [9.17, 15) is 14.4 Å². The molecule has 2 saturated heterocycles. The van der Waals surface area contributed by atoms with Crippen LogP contribution in [0.1, 0.15) is 31.2 Å². The van der Waals surface area contributed by atoms with Crippen LogP contribution in [0.5, 0.6) is 0 Å². The van der Waals surface area contributed by atoms with E-state index in [1.54, 1.807) is 4.90 Å². The molecule has 2 aliphatic heterocycles. The van der Waals surface area contributed by atoms with Crippen molar-refractivity contribution in [1.29, 1.82) is 0 Å². The van der Waals surface area contributed by atoms with Crippen LogP contribution in [0.4, 0.5) is 4.79 Å². The lowest BCUT2D eigenvalue weighted by Gasteiger charge is -2.34. The van der Waals surface area contributed by atoms with Gasteiger partial charge in [0.25, 0.3) is 5.91 Å². The fourth-order valence-electron chi connectivity index (χ4n) is 4.45. The standard InChI is InChI=1S/C22H28N4O3/c27-19(17-26-20(28)22(23-21(26)29)10-4-5-11-22)25-15-13-24(14-16-25)12-6-9-18-7-2-1-3-8-18/h1-3,6-9H,4-5,10-17H2,(H,23,29). The molecule has 1 aliphatic carbocycles. The molecule has 1 spiro atoms. The maximum atomic E-state index is 12.7. The first kappa shape index (κ1) is 19.6. The smallest absolute Gasteiger partial charge is 0.325 e. The summed E-state index contributed by atoms with van der Waals surface area (Å²) in [6.07, 6.45) is 7.48. The molecule has 0 unspecified atom stereocenters. The Labute approximate surface area is 171 Å². The van der Waals surface area contributed by atoms with Gasteiger partial charge >= 0.3 is 6.03 Å². The van der Waals surface area contributed by atoms with Gasteiger partial charge in [0.1, 0.15) is 12.1 Å². The molecule has 0 bridgehead atoms. The van der Waals surface area contributed by atoms with Crippen LogP contribution >= 0.6 is 0 Å². The second kappa shape index (κ2) is 8.37. The maximum absolute atomic E-state index is 12.7. The Hall–Kier alpha value is -2.67. The molecule has 4 amide bonds. The van der Waals surface area contributed by atoms with E-state index in [1.807, 2.05) is 18.2 Å². The summed E-state index contributed by atoms with van der Waals surface area (Å²) in [5, 5.41) is 2.83. The van der Waals surface area contributed by atoms with E-state index < -0.39 is 11.6 Å². The lowest BCUT2D eigenvalue weighted by Crippen LogP contribution is -2.52. The summed E-state index contributed by atoms with van der Waals surface area (Å²) in [7, 11) is 0. The zero-order valence-corrected chi connectivity index (χ0v) is 16.7. The van der Waals surface area contributed by atoms with Crippen molar-refractivity contribution >= 4 is 23.9 Å². The summed E-state index contributed by atoms with van der Waals surface area (Å²) in [5.74, 6) is -0.374. The van der Waals surface area contributed by atoms with Gasteiger partial charge in [-0.25, -0.2) is 4.79 Å². The number of carbonyl (C=O) groups is 3. The lowest BCUT2D eigenvalue weighted by atomic mass is 9.98. The van der Waals surface area contributed by atoms with E-state index in [4.69, 9.17) is 0 Å². The van der Waals surface area contributed by atoms with Crippen molar-refractivity contribution in [2.24, 2.45) is 0 Å². The molecular formula is C22H28N4O3. The number of carbonyl (C=O) groups excluding carboxylic acids is 3. The molecule has 3 aliphatic rings. The Bertz CT molecular complexity index is 794. The van der Waals surface area contributed by atoms with Gasteiger partial charge in [-0.05, 0) is 18.4 Å². The molecule has 1 aromatic carbocycles. The van der Waals surface area contributed by atoms with Gasteiger partial charge in [-0.3, -0.25) is 19.4 Å². The fraction of sp³-hybridized carbons (Fsp3) is 0.500. The molecule has 1 saturated carbocycles. The number of urea groups is 1. The molecule has 1 N–H and O–H groups in total. The molecule has 29 heavy (non-hydrogen) atoms. The number of benzene rings is 1. The number of amides is 4. The minimum atomic E-state index is -0.749. The van der Waals surface area contributed by atoms with Crippen molar-refractivity contribution in [3.8, 4) is 0 Å². The quantitative estimate of drug-likeness (QED) is 0.769. The summed E-state index contributed by atoms with van der Waals surface area (Å²) in [6.45, 7) is 3.50. The van der Waals surface area contributed by atoms with Crippen molar-refractivity contribution in [2.75, 3.05) is 39.3 Å². The first-order chi connectivity index (χ1) is 14.1. The largest absolute Gasteiger partial charge is 0.339 e. The van der Waals surface area contributed by atoms with E-state index in [0.29, 0.717) is 25.9 Å². The van der Waals surface area contributed by atoms with Crippen LogP contribution in [-0.2, 0) is 9.59 Å². The van der Waals surface area contributed by atoms with Crippen LogP contribution in [0, 0.1) is 0 Å². The second-order valence-electron chi connectivity index (χ2n) is 8.11. The van der Waals surface area contributed by atoms with Gasteiger partial charge in [-0.1, -0.05) is 55.3 Å². The predicted molar refractivity (Wildman–Crippen MR) is 110 cm³/mol. The van der Waals surface area contributed by atoms with E-state index in [-0.39, 0.29) is 18.4 Å². The van der Waals surface area contributed by atoms with Crippen molar-refractivity contribution < 1.29 is 14.4 Å². The molecule has 7 nitrogen and oxygen atoms in total. The van der Waals surface area contributed by atoms with Gasteiger partial charge in [0.2, 0.25) is 5.91 Å². The summed E-state index contributed by atoms with van der Waals surface area (Å²) < 4.78 is 0. The van der Waals surface area contributed by atoms with Gasteiger partial charge in [0.15, 0.2) is 0 Å². The normalized spacial score (nSPS) is 22.1. The third-order valence-corrected chi connectivity index (χ3v) is 6.19. The Morgan fingerprint density at radius 3 is 2.41 bits per heavy atom. The highest BCUT2D eigenvalue weighted by Gasteiger charge is 2.52. The molecular weight excluding hydrogens is 368 g/mol. The van der Waals surface area contributed by atoms with E-state index in [0.717, 1.165) is 37.4 Å². The van der Waals surface area contributed by atoms with Gasteiger partial charge in [0, 0.05) is 32.7 Å². The van der Waals surface area contributed by atoms with E-state index in [2.05, 4.69) is 34.5 Å². The van der Waals surface area contributed by atoms with Crippen LogP contribution in [0.25, 0.3) is 6.08 Å². The zero-order valence-electron chi connectivity index (χ0n) is 16.7. The summed E-state index contributed by atoms with van der Waals surface area (Å²) in [5.41, 5.74) is 0.427. The topological polar surface area (TPSA) is 73.0 Å². The summed E-state index contributed by atoms with van der Waals surface area (Å²) in [6, 6.07) is 9.75. The third-order valence-electron chi connectivity index (χ3n) is 6.19. The van der Waals surface area contributed by atoms with Gasteiger partial charge < -0.3 is 10.2 Å². The average molecular weight is 396 g/mol. The SMILES string of the molecule is O=C(CN1C(=O)NC2(CCCC2)C1=O)N1CCN(CC=Cc2ccccc2)CC1. The van der Waals surface area contributed by atoms with Crippen LogP contribution in [-0.4, -0.2) is 77.4 Å². The van der Waals surface area contributed by atoms with Gasteiger partial charge in [-0.2, -0.15) is 0 Å². The first-order valence-electron chi connectivity index (χ1n) is 10.4. The van der Waals surface area contributed by atoms with Crippen molar-refractivity contribution in [1.82, 2.24) is 20.0 Å². The molecule has 3 fully saturated rings. The fourth-order valence-corrected chi connectivity index (χ4v) is 4.45. The Kier molecular flexibility index (Phi) is 5.67. The van der Waals surface area contributed by atoms with Crippen molar-refractivity contribution in [3.05, 3.63) is 42.0 Å². The van der Waals surface area contributed by atoms with Gasteiger partial charge in [0.05, 0.1) is 0 Å². The zero-order chi connectivity index (χ0) is 20.3. The molecule has 1 aromatic rings. The summed E-state index contributed by atoms with van der Waals surface area (Å²) >= 11 is 0. The Balaban J connectivity index is 1.24. The van der Waals surface area contributed by atoms with Crippen LogP contribution in [0.3, 0.4) is 0 Å². The lowest BCUT2D eigenvalue weighted by molar-refractivity contribution is -0.139. The molecule has 7 heteroatoms. The van der Waals surface area contributed by atoms with Crippen LogP contribution in [0.2, 0.25) is 0 Å². The summed E-state index contributed by atoms with van der Waals surface area (Å²) in [4.78, 5) is 42.8. The molecule has 154 valence electrons. The number of piperazine rings is 1. The Morgan fingerprint density at radius 1 is 1.03 bits per heavy atom.